The van der Waals surface area contributed by atoms with E-state index >= 15 is 0 Å². The Morgan fingerprint density at radius 1 is 1.14 bits per heavy atom. The number of amides is 2. The van der Waals surface area contributed by atoms with Crippen LogP contribution in [0.4, 0.5) is 16.2 Å². The molecule has 9 heteroatoms. The number of thiophene rings is 1. The van der Waals surface area contributed by atoms with Gasteiger partial charge in [-0.1, -0.05) is 11.6 Å². The number of carbonyl (C=O) groups excluding carboxylic acids is 2. The fraction of sp³-hybridized carbons (Fsp3) is 0.400. The predicted molar refractivity (Wildman–Crippen MR) is 111 cm³/mol. The zero-order chi connectivity index (χ0) is 20.4. The van der Waals surface area contributed by atoms with Gasteiger partial charge in [-0.3, -0.25) is 4.79 Å². The maximum Gasteiger partial charge on any atom is 0.417 e. The molecule has 0 radical (unpaired) electrons. The summed E-state index contributed by atoms with van der Waals surface area (Å²) in [7, 11) is 0. The Kier molecular flexibility index (Phi) is 6.05. The van der Waals surface area contributed by atoms with Gasteiger partial charge in [-0.25, -0.2) is 9.69 Å². The van der Waals surface area contributed by atoms with Crippen LogP contribution in [0.15, 0.2) is 36.4 Å². The summed E-state index contributed by atoms with van der Waals surface area (Å²) < 4.78 is 11.3. The van der Waals surface area contributed by atoms with Crippen molar-refractivity contribution in [3.63, 3.8) is 0 Å². The van der Waals surface area contributed by atoms with Crippen LogP contribution < -0.4 is 9.80 Å². The van der Waals surface area contributed by atoms with Gasteiger partial charge in [0.2, 0.25) is 0 Å². The van der Waals surface area contributed by atoms with Gasteiger partial charge in [0.05, 0.1) is 16.6 Å². The van der Waals surface area contributed by atoms with Crippen LogP contribution in [0.3, 0.4) is 0 Å². The molecule has 0 aliphatic carbocycles. The average Bonchev–Trinajstić information content (AvgIpc) is 3.25. The molecular formula is C20H21ClN2O5S. The summed E-state index contributed by atoms with van der Waals surface area (Å²) in [5.41, 5.74) is 1.26. The van der Waals surface area contributed by atoms with Gasteiger partial charge in [-0.05, 0) is 55.7 Å². The van der Waals surface area contributed by atoms with E-state index in [1.165, 1.54) is 21.1 Å². The number of morpholine rings is 1. The first-order chi connectivity index (χ1) is 14.0. The molecular weight excluding hydrogens is 416 g/mol. The Labute approximate surface area is 177 Å². The number of benzene rings is 1. The van der Waals surface area contributed by atoms with Gasteiger partial charge in [-0.2, -0.15) is 0 Å². The second kappa shape index (κ2) is 8.71. The molecule has 2 aromatic rings. The lowest BCUT2D eigenvalue weighted by molar-refractivity contribution is -0.125. The molecule has 2 amide bonds. The maximum atomic E-state index is 12.3. The van der Waals surface area contributed by atoms with E-state index in [-0.39, 0.29) is 12.5 Å². The number of aliphatic hydroxyl groups is 1. The third kappa shape index (κ3) is 4.40. The Morgan fingerprint density at radius 2 is 1.90 bits per heavy atom. The van der Waals surface area contributed by atoms with Crippen LogP contribution in [-0.4, -0.2) is 49.2 Å². The minimum atomic E-state index is -1.05. The van der Waals surface area contributed by atoms with Crippen molar-refractivity contribution >= 4 is 46.3 Å². The number of anilines is 2. The molecule has 2 aliphatic rings. The Morgan fingerprint density at radius 3 is 2.59 bits per heavy atom. The number of nitrogens with zero attached hydrogens (tertiary/aromatic N) is 2. The van der Waals surface area contributed by atoms with Crippen LogP contribution in [0, 0.1) is 0 Å². The summed E-state index contributed by atoms with van der Waals surface area (Å²) in [6.45, 7) is 1.05. The van der Waals surface area contributed by atoms with Crippen molar-refractivity contribution in [1.82, 2.24) is 0 Å². The summed E-state index contributed by atoms with van der Waals surface area (Å²) in [4.78, 5) is 28.3. The quantitative estimate of drug-likeness (QED) is 0.750. The van der Waals surface area contributed by atoms with Gasteiger partial charge in [0.25, 0.3) is 5.91 Å². The standard InChI is InChI=1S/C20H21ClN2O5S/c21-17-9-8-15(29-17)2-1-3-16-19(25)23(20(26)28-16)14-6-4-13(5-7-14)22-10-11-27-12-18(22)24/h4-9,16,19,25H,1-3,10-12H2/t16-,19?/m0/s1. The highest BCUT2D eigenvalue weighted by molar-refractivity contribution is 7.16. The van der Waals surface area contributed by atoms with E-state index in [1.807, 2.05) is 12.1 Å². The first-order valence-corrected chi connectivity index (χ1v) is 10.6. The monoisotopic (exact) mass is 436 g/mol. The van der Waals surface area contributed by atoms with E-state index in [0.717, 1.165) is 22.9 Å². The molecule has 2 aliphatic heterocycles. The lowest BCUT2D eigenvalue weighted by Crippen LogP contribution is -2.41. The second-order valence-corrected chi connectivity index (χ2v) is 8.72. The predicted octanol–water partition coefficient (Wildman–Crippen LogP) is 3.43. The van der Waals surface area contributed by atoms with Gasteiger partial charge >= 0.3 is 6.09 Å². The molecule has 3 heterocycles. The van der Waals surface area contributed by atoms with Crippen molar-refractivity contribution < 1.29 is 24.2 Å². The van der Waals surface area contributed by atoms with Gasteiger partial charge in [0.1, 0.15) is 12.7 Å². The van der Waals surface area contributed by atoms with Crippen molar-refractivity contribution in [3.8, 4) is 0 Å². The number of rotatable bonds is 6. The van der Waals surface area contributed by atoms with Gasteiger partial charge in [0.15, 0.2) is 6.23 Å². The molecule has 0 bridgehead atoms. The lowest BCUT2D eigenvalue weighted by atomic mass is 10.1. The summed E-state index contributed by atoms with van der Waals surface area (Å²) in [5.74, 6) is -0.100. The minimum Gasteiger partial charge on any atom is -0.441 e. The highest BCUT2D eigenvalue weighted by Gasteiger charge is 2.41. The fourth-order valence-electron chi connectivity index (χ4n) is 3.54. The molecule has 1 aromatic heterocycles. The number of halogens is 1. The van der Waals surface area contributed by atoms with Gasteiger partial charge < -0.3 is 19.5 Å². The van der Waals surface area contributed by atoms with E-state index < -0.39 is 18.4 Å². The number of carbonyl (C=O) groups is 2. The van der Waals surface area contributed by atoms with E-state index in [2.05, 4.69) is 0 Å². The van der Waals surface area contributed by atoms with Crippen LogP contribution in [0.5, 0.6) is 0 Å². The minimum absolute atomic E-state index is 0.0677. The first kappa shape index (κ1) is 20.2. The fourth-order valence-corrected chi connectivity index (χ4v) is 4.66. The summed E-state index contributed by atoms with van der Waals surface area (Å²) in [5, 5.41) is 10.6. The SMILES string of the molecule is O=C1COCCN1c1ccc(N2C(=O)O[C@@H](CCCc3ccc(Cl)s3)C2O)cc1. The zero-order valence-corrected chi connectivity index (χ0v) is 17.2. The smallest absolute Gasteiger partial charge is 0.417 e. The Balaban J connectivity index is 1.37. The molecule has 0 saturated carbocycles. The van der Waals surface area contributed by atoms with Crippen LogP contribution >= 0.6 is 22.9 Å². The van der Waals surface area contributed by atoms with E-state index in [9.17, 15) is 14.7 Å². The molecule has 7 nitrogen and oxygen atoms in total. The molecule has 1 N–H and O–H groups in total. The number of cyclic esters (lactones) is 1. The number of ether oxygens (including phenoxy) is 2. The van der Waals surface area contributed by atoms with E-state index in [4.69, 9.17) is 21.1 Å². The highest BCUT2D eigenvalue weighted by Crippen LogP contribution is 2.30. The largest absolute Gasteiger partial charge is 0.441 e. The number of hydrogen-bond acceptors (Lipinski definition) is 6. The molecule has 2 saturated heterocycles. The molecule has 4 rings (SSSR count). The van der Waals surface area contributed by atoms with E-state index in [0.29, 0.717) is 25.3 Å². The Hall–Kier alpha value is -2.13. The zero-order valence-electron chi connectivity index (χ0n) is 15.6. The maximum absolute atomic E-state index is 12.3. The third-order valence-electron chi connectivity index (χ3n) is 5.01. The van der Waals surface area contributed by atoms with Crippen molar-refractivity contribution in [2.75, 3.05) is 29.6 Å². The molecule has 154 valence electrons. The van der Waals surface area contributed by atoms with Crippen LogP contribution in [0.25, 0.3) is 0 Å². The summed E-state index contributed by atoms with van der Waals surface area (Å²) in [6.07, 6.45) is -0.0575. The highest BCUT2D eigenvalue weighted by atomic mass is 35.5. The van der Waals surface area contributed by atoms with Crippen LogP contribution in [0.2, 0.25) is 4.34 Å². The van der Waals surface area contributed by atoms with Crippen molar-refractivity contribution in [1.29, 1.82) is 0 Å². The summed E-state index contributed by atoms with van der Waals surface area (Å²) >= 11 is 7.47. The molecule has 2 fully saturated rings. The molecule has 29 heavy (non-hydrogen) atoms. The topological polar surface area (TPSA) is 79.3 Å². The Bertz CT molecular complexity index is 887. The van der Waals surface area contributed by atoms with Crippen molar-refractivity contribution in [3.05, 3.63) is 45.6 Å². The molecule has 2 atom stereocenters. The normalized spacial score (nSPS) is 22.3. The number of aryl methyl sites for hydroxylation is 1. The molecule has 1 unspecified atom stereocenters. The number of aliphatic hydroxyl groups excluding tert-OH is 1. The molecule has 1 aromatic carbocycles. The second-order valence-electron chi connectivity index (χ2n) is 6.92. The average molecular weight is 437 g/mol. The third-order valence-corrected chi connectivity index (χ3v) is 6.30. The first-order valence-electron chi connectivity index (χ1n) is 9.43. The lowest BCUT2D eigenvalue weighted by Gasteiger charge is -2.27. The summed E-state index contributed by atoms with van der Waals surface area (Å²) in [6, 6.07) is 10.8. The van der Waals surface area contributed by atoms with Crippen molar-refractivity contribution in [2.45, 2.75) is 31.6 Å². The van der Waals surface area contributed by atoms with Crippen LogP contribution in [0.1, 0.15) is 17.7 Å². The number of hydrogen-bond donors (Lipinski definition) is 1. The van der Waals surface area contributed by atoms with Gasteiger partial charge in [0, 0.05) is 17.1 Å². The van der Waals surface area contributed by atoms with E-state index in [1.54, 1.807) is 29.2 Å². The van der Waals surface area contributed by atoms with Gasteiger partial charge in [-0.15, -0.1) is 11.3 Å². The van der Waals surface area contributed by atoms with Crippen molar-refractivity contribution in [2.24, 2.45) is 0 Å². The molecule has 0 spiro atoms. The van der Waals surface area contributed by atoms with Crippen LogP contribution in [-0.2, 0) is 20.7 Å².